The van der Waals surface area contributed by atoms with Crippen molar-refractivity contribution in [3.05, 3.63) is 29.3 Å². The molecule has 0 saturated carbocycles. The Morgan fingerprint density at radius 1 is 1.43 bits per heavy atom. The number of anilines is 1. The molecule has 1 N–H and O–H groups in total. The highest BCUT2D eigenvalue weighted by molar-refractivity contribution is 5.60. The van der Waals surface area contributed by atoms with Gasteiger partial charge in [-0.1, -0.05) is 19.1 Å². The van der Waals surface area contributed by atoms with E-state index in [1.807, 2.05) is 0 Å². The minimum Gasteiger partial charge on any atom is -0.374 e. The first kappa shape index (κ1) is 9.53. The third-order valence-corrected chi connectivity index (χ3v) is 2.92. The fourth-order valence-corrected chi connectivity index (χ4v) is 2.09. The largest absolute Gasteiger partial charge is 0.374 e. The van der Waals surface area contributed by atoms with Crippen LogP contribution in [0.2, 0.25) is 0 Å². The summed E-state index contributed by atoms with van der Waals surface area (Å²) in [7, 11) is 2.17. The Hall–Kier alpha value is -1.02. The van der Waals surface area contributed by atoms with E-state index in [1.165, 1.54) is 29.8 Å². The molecule has 14 heavy (non-hydrogen) atoms. The van der Waals surface area contributed by atoms with Gasteiger partial charge in [0.15, 0.2) is 0 Å². The minimum atomic E-state index is 1.01. The number of hydrogen-bond donors (Lipinski definition) is 1. The smallest absolute Gasteiger partial charge is 0.0400 e. The van der Waals surface area contributed by atoms with Crippen molar-refractivity contribution in [3.63, 3.8) is 0 Å². The van der Waals surface area contributed by atoms with Crippen LogP contribution in [0.5, 0.6) is 0 Å². The molecule has 2 heteroatoms. The maximum absolute atomic E-state index is 3.39. The second-order valence-corrected chi connectivity index (χ2v) is 3.87. The lowest BCUT2D eigenvalue weighted by atomic mass is 10.1. The van der Waals surface area contributed by atoms with Crippen LogP contribution in [0.15, 0.2) is 18.2 Å². The summed E-state index contributed by atoms with van der Waals surface area (Å²) in [5.41, 5.74) is 4.42. The number of nitrogens with one attached hydrogen (secondary N) is 1. The van der Waals surface area contributed by atoms with Crippen LogP contribution in [0.1, 0.15) is 18.1 Å². The average molecular weight is 190 g/mol. The monoisotopic (exact) mass is 190 g/mol. The Labute approximate surface area is 85.9 Å². The van der Waals surface area contributed by atoms with Crippen LogP contribution in [-0.2, 0) is 13.0 Å². The molecule has 0 atom stereocenters. The van der Waals surface area contributed by atoms with E-state index in [9.17, 15) is 0 Å². The molecule has 1 aromatic carbocycles. The topological polar surface area (TPSA) is 15.3 Å². The van der Waals surface area contributed by atoms with Crippen molar-refractivity contribution < 1.29 is 0 Å². The SMILES string of the molecule is CCNCc1cccc2c1CCN2C. The quantitative estimate of drug-likeness (QED) is 0.781. The summed E-state index contributed by atoms with van der Waals surface area (Å²) in [5.74, 6) is 0. The molecule has 0 spiro atoms. The molecule has 0 aliphatic carbocycles. The van der Waals surface area contributed by atoms with Gasteiger partial charge in [0.25, 0.3) is 0 Å². The summed E-state index contributed by atoms with van der Waals surface area (Å²) in [6.45, 7) is 5.36. The van der Waals surface area contributed by atoms with Crippen molar-refractivity contribution in [2.75, 3.05) is 25.0 Å². The van der Waals surface area contributed by atoms with Gasteiger partial charge in [-0.3, -0.25) is 0 Å². The number of fused-ring (bicyclic) bond motifs is 1. The fraction of sp³-hybridized carbons (Fsp3) is 0.500. The van der Waals surface area contributed by atoms with Crippen molar-refractivity contribution >= 4 is 5.69 Å². The molecule has 1 aromatic rings. The molecular weight excluding hydrogens is 172 g/mol. The first-order valence-electron chi connectivity index (χ1n) is 5.35. The van der Waals surface area contributed by atoms with Gasteiger partial charge in [-0.2, -0.15) is 0 Å². The molecule has 0 saturated heterocycles. The van der Waals surface area contributed by atoms with Crippen LogP contribution >= 0.6 is 0 Å². The van der Waals surface area contributed by atoms with Crippen molar-refractivity contribution in [2.24, 2.45) is 0 Å². The lowest BCUT2D eigenvalue weighted by molar-refractivity contribution is 0.722. The van der Waals surface area contributed by atoms with E-state index in [2.05, 4.69) is 42.4 Å². The fourth-order valence-electron chi connectivity index (χ4n) is 2.09. The van der Waals surface area contributed by atoms with Crippen LogP contribution in [0.25, 0.3) is 0 Å². The molecule has 0 aromatic heterocycles. The Kier molecular flexibility index (Phi) is 2.73. The van der Waals surface area contributed by atoms with E-state index in [1.54, 1.807) is 0 Å². The zero-order chi connectivity index (χ0) is 9.97. The predicted octanol–water partition coefficient (Wildman–Crippen LogP) is 1.79. The second kappa shape index (κ2) is 4.01. The van der Waals surface area contributed by atoms with E-state index in [0.717, 1.165) is 13.1 Å². The molecule has 1 aliphatic rings. The summed E-state index contributed by atoms with van der Waals surface area (Å²) in [6, 6.07) is 6.62. The van der Waals surface area contributed by atoms with E-state index < -0.39 is 0 Å². The van der Waals surface area contributed by atoms with Crippen LogP contribution in [-0.4, -0.2) is 20.1 Å². The van der Waals surface area contributed by atoms with Gasteiger partial charge in [-0.15, -0.1) is 0 Å². The lowest BCUT2D eigenvalue weighted by Crippen LogP contribution is -2.13. The van der Waals surface area contributed by atoms with Gasteiger partial charge in [-0.05, 0) is 30.2 Å². The molecule has 2 nitrogen and oxygen atoms in total. The van der Waals surface area contributed by atoms with E-state index in [4.69, 9.17) is 0 Å². The maximum atomic E-state index is 3.39. The molecule has 2 rings (SSSR count). The first-order chi connectivity index (χ1) is 6.83. The number of nitrogens with zero attached hydrogens (tertiary/aromatic N) is 1. The molecule has 0 bridgehead atoms. The number of likely N-dealkylation sites (N-methyl/N-ethyl adjacent to an activating group) is 1. The Morgan fingerprint density at radius 3 is 3.07 bits per heavy atom. The van der Waals surface area contributed by atoms with Gasteiger partial charge in [0.2, 0.25) is 0 Å². The number of benzene rings is 1. The van der Waals surface area contributed by atoms with E-state index in [0.29, 0.717) is 0 Å². The highest BCUT2D eigenvalue weighted by atomic mass is 15.1. The highest BCUT2D eigenvalue weighted by Crippen LogP contribution is 2.29. The summed E-state index contributed by atoms with van der Waals surface area (Å²) >= 11 is 0. The van der Waals surface area contributed by atoms with Crippen LogP contribution < -0.4 is 10.2 Å². The molecule has 1 heterocycles. The first-order valence-corrected chi connectivity index (χ1v) is 5.35. The van der Waals surface area contributed by atoms with Crippen LogP contribution in [0.4, 0.5) is 5.69 Å². The van der Waals surface area contributed by atoms with Crippen molar-refractivity contribution in [1.82, 2.24) is 5.32 Å². The number of rotatable bonds is 3. The molecule has 0 radical (unpaired) electrons. The molecule has 1 aliphatic heterocycles. The van der Waals surface area contributed by atoms with Gasteiger partial charge in [-0.25, -0.2) is 0 Å². The summed E-state index contributed by atoms with van der Waals surface area (Å²) in [6.07, 6.45) is 1.20. The standard InChI is InChI=1S/C12H18N2/c1-3-13-9-10-5-4-6-12-11(10)7-8-14(12)2/h4-6,13H,3,7-9H2,1-2H3. The van der Waals surface area contributed by atoms with E-state index in [-0.39, 0.29) is 0 Å². The second-order valence-electron chi connectivity index (χ2n) is 3.87. The van der Waals surface area contributed by atoms with Crippen LogP contribution in [0.3, 0.4) is 0 Å². The summed E-state index contributed by atoms with van der Waals surface area (Å²) in [5, 5.41) is 3.39. The summed E-state index contributed by atoms with van der Waals surface area (Å²) in [4.78, 5) is 2.34. The number of hydrogen-bond acceptors (Lipinski definition) is 2. The Bertz CT molecular complexity index is 320. The normalized spacial score (nSPS) is 14.6. The van der Waals surface area contributed by atoms with Crippen molar-refractivity contribution in [3.8, 4) is 0 Å². The molecule has 0 amide bonds. The molecule has 76 valence electrons. The minimum absolute atomic E-state index is 1.01. The molecule has 0 unspecified atom stereocenters. The lowest BCUT2D eigenvalue weighted by Gasteiger charge is -2.13. The van der Waals surface area contributed by atoms with Gasteiger partial charge < -0.3 is 10.2 Å². The summed E-state index contributed by atoms with van der Waals surface area (Å²) < 4.78 is 0. The zero-order valence-electron chi connectivity index (χ0n) is 9.01. The van der Waals surface area contributed by atoms with Gasteiger partial charge in [0, 0.05) is 25.8 Å². The van der Waals surface area contributed by atoms with E-state index >= 15 is 0 Å². The zero-order valence-corrected chi connectivity index (χ0v) is 9.01. The molecule has 0 fully saturated rings. The third-order valence-electron chi connectivity index (χ3n) is 2.92. The highest BCUT2D eigenvalue weighted by Gasteiger charge is 2.17. The van der Waals surface area contributed by atoms with Crippen LogP contribution in [0, 0.1) is 0 Å². The Morgan fingerprint density at radius 2 is 2.29 bits per heavy atom. The average Bonchev–Trinajstić information content (AvgIpc) is 2.58. The maximum Gasteiger partial charge on any atom is 0.0400 e. The van der Waals surface area contributed by atoms with Gasteiger partial charge in [0.1, 0.15) is 0 Å². The van der Waals surface area contributed by atoms with Crippen molar-refractivity contribution in [1.29, 1.82) is 0 Å². The van der Waals surface area contributed by atoms with Crippen molar-refractivity contribution in [2.45, 2.75) is 19.9 Å². The van der Waals surface area contributed by atoms with Gasteiger partial charge >= 0.3 is 0 Å². The Balaban J connectivity index is 2.25. The third kappa shape index (κ3) is 1.62. The molecular formula is C12H18N2. The predicted molar refractivity (Wildman–Crippen MR) is 60.8 cm³/mol. The van der Waals surface area contributed by atoms with Gasteiger partial charge in [0.05, 0.1) is 0 Å².